The third-order valence-electron chi connectivity index (χ3n) is 3.30. The molecule has 1 aliphatic heterocycles. The summed E-state index contributed by atoms with van der Waals surface area (Å²) in [6.07, 6.45) is 0.818. The molecule has 0 atom stereocenters. The summed E-state index contributed by atoms with van der Waals surface area (Å²) in [5.41, 5.74) is 0.289. The summed E-state index contributed by atoms with van der Waals surface area (Å²) in [5.74, 6) is -0.709. The fourth-order valence-electron chi connectivity index (χ4n) is 2.10. The maximum Gasteiger partial charge on any atom is 0.251 e. The van der Waals surface area contributed by atoms with Crippen LogP contribution in [0.3, 0.4) is 0 Å². The van der Waals surface area contributed by atoms with Crippen molar-refractivity contribution in [2.24, 2.45) is 0 Å². The lowest BCUT2D eigenvalue weighted by Crippen LogP contribution is -2.40. The molecule has 0 bridgehead atoms. The Morgan fingerprint density at radius 1 is 1.35 bits per heavy atom. The van der Waals surface area contributed by atoms with E-state index in [0.717, 1.165) is 0 Å². The Labute approximate surface area is 117 Å². The van der Waals surface area contributed by atoms with Gasteiger partial charge in [0.25, 0.3) is 5.91 Å². The molecule has 1 heterocycles. The van der Waals surface area contributed by atoms with Crippen LogP contribution in [-0.2, 0) is 9.84 Å². The normalized spacial score (nSPS) is 18.5. The highest BCUT2D eigenvalue weighted by Crippen LogP contribution is 2.19. The lowest BCUT2D eigenvalue weighted by atomic mass is 10.1. The minimum absolute atomic E-state index is 0.00359. The number of amides is 1. The molecule has 1 N–H and O–H groups in total. The van der Waals surface area contributed by atoms with E-state index in [9.17, 15) is 17.6 Å². The van der Waals surface area contributed by atoms with Gasteiger partial charge in [0, 0.05) is 11.6 Å². The van der Waals surface area contributed by atoms with Gasteiger partial charge in [-0.05, 0) is 31.0 Å². The first kappa shape index (κ1) is 14.8. The highest BCUT2D eigenvalue weighted by atomic mass is 32.2. The van der Waals surface area contributed by atoms with Gasteiger partial charge in [0.15, 0.2) is 11.6 Å². The summed E-state index contributed by atoms with van der Waals surface area (Å²) in [7, 11) is -1.63. The Hall–Kier alpha value is -1.63. The third kappa shape index (κ3) is 3.47. The summed E-state index contributed by atoms with van der Waals surface area (Å²) < 4.78 is 40.7. The molecule has 1 fully saturated rings. The van der Waals surface area contributed by atoms with E-state index in [1.807, 2.05) is 0 Å². The molecule has 0 aliphatic carbocycles. The van der Waals surface area contributed by atoms with E-state index in [-0.39, 0.29) is 34.8 Å². The highest BCUT2D eigenvalue weighted by Gasteiger charge is 2.25. The Morgan fingerprint density at radius 3 is 2.60 bits per heavy atom. The average Bonchev–Trinajstić information content (AvgIpc) is 2.41. The van der Waals surface area contributed by atoms with E-state index in [4.69, 9.17) is 4.74 Å². The Kier molecular flexibility index (Phi) is 4.27. The van der Waals surface area contributed by atoms with Crippen LogP contribution in [0.4, 0.5) is 4.39 Å². The Bertz CT molecular complexity index is 601. The van der Waals surface area contributed by atoms with Crippen LogP contribution < -0.4 is 10.1 Å². The topological polar surface area (TPSA) is 72.5 Å². The molecular formula is C13H16FNO4S. The predicted octanol–water partition coefficient (Wildman–Crippen LogP) is 1.14. The fourth-order valence-corrected chi connectivity index (χ4v) is 3.60. The van der Waals surface area contributed by atoms with Crippen LogP contribution >= 0.6 is 0 Å². The van der Waals surface area contributed by atoms with Crippen LogP contribution in [0.5, 0.6) is 5.75 Å². The smallest absolute Gasteiger partial charge is 0.251 e. The molecule has 0 aromatic heterocycles. The van der Waals surface area contributed by atoms with Crippen LogP contribution in [0, 0.1) is 5.82 Å². The van der Waals surface area contributed by atoms with Gasteiger partial charge >= 0.3 is 0 Å². The first-order valence-corrected chi connectivity index (χ1v) is 8.08. The third-order valence-corrected chi connectivity index (χ3v) is 5.02. The predicted molar refractivity (Wildman–Crippen MR) is 72.1 cm³/mol. The molecular weight excluding hydrogens is 285 g/mol. The molecule has 1 aromatic rings. The van der Waals surface area contributed by atoms with E-state index in [1.54, 1.807) is 0 Å². The zero-order valence-corrected chi connectivity index (χ0v) is 11.9. The average molecular weight is 301 g/mol. The number of ether oxygens (including phenoxy) is 1. The molecule has 1 aromatic carbocycles. The Morgan fingerprint density at radius 2 is 2.00 bits per heavy atom. The van der Waals surface area contributed by atoms with Gasteiger partial charge in [0.05, 0.1) is 18.6 Å². The lowest BCUT2D eigenvalue weighted by molar-refractivity contribution is 0.0934. The first-order valence-electron chi connectivity index (χ1n) is 6.26. The summed E-state index contributed by atoms with van der Waals surface area (Å²) >= 11 is 0. The van der Waals surface area contributed by atoms with Crippen molar-refractivity contribution < 1.29 is 22.3 Å². The number of carbonyl (C=O) groups is 1. The summed E-state index contributed by atoms with van der Waals surface area (Å²) in [5, 5.41) is 2.76. The van der Waals surface area contributed by atoms with Gasteiger partial charge in [-0.25, -0.2) is 12.8 Å². The van der Waals surface area contributed by atoms with E-state index in [2.05, 4.69) is 5.32 Å². The van der Waals surface area contributed by atoms with Crippen molar-refractivity contribution in [2.45, 2.75) is 18.9 Å². The molecule has 20 heavy (non-hydrogen) atoms. The number of sulfone groups is 1. The molecule has 110 valence electrons. The van der Waals surface area contributed by atoms with Gasteiger partial charge in [-0.1, -0.05) is 0 Å². The van der Waals surface area contributed by atoms with Crippen molar-refractivity contribution in [3.8, 4) is 5.75 Å². The molecule has 0 unspecified atom stereocenters. The van der Waals surface area contributed by atoms with Crippen molar-refractivity contribution in [3.05, 3.63) is 29.6 Å². The number of rotatable bonds is 3. The second-order valence-corrected chi connectivity index (χ2v) is 7.05. The van der Waals surface area contributed by atoms with Crippen molar-refractivity contribution in [1.82, 2.24) is 5.32 Å². The highest BCUT2D eigenvalue weighted by molar-refractivity contribution is 7.91. The van der Waals surface area contributed by atoms with Gasteiger partial charge in [-0.3, -0.25) is 4.79 Å². The molecule has 1 saturated heterocycles. The number of carbonyl (C=O) groups excluding carboxylic acids is 1. The zero-order valence-electron chi connectivity index (χ0n) is 11.1. The molecule has 2 rings (SSSR count). The van der Waals surface area contributed by atoms with Crippen LogP contribution in [0.2, 0.25) is 0 Å². The van der Waals surface area contributed by atoms with E-state index in [0.29, 0.717) is 12.8 Å². The fraction of sp³-hybridized carbons (Fsp3) is 0.462. The van der Waals surface area contributed by atoms with Gasteiger partial charge in [-0.2, -0.15) is 0 Å². The van der Waals surface area contributed by atoms with Gasteiger partial charge < -0.3 is 10.1 Å². The van der Waals surface area contributed by atoms with Crippen LogP contribution in [0.1, 0.15) is 23.2 Å². The summed E-state index contributed by atoms with van der Waals surface area (Å²) in [6, 6.07) is 3.69. The standard InChI is InChI=1S/C13H16FNO4S/c1-19-12-8-9(2-3-11(12)14)13(16)15-10-4-6-20(17,18)7-5-10/h2-3,8,10H,4-7H2,1H3,(H,15,16). The second kappa shape index (κ2) is 5.78. The number of nitrogens with one attached hydrogen (secondary N) is 1. The molecule has 7 heteroatoms. The monoisotopic (exact) mass is 301 g/mol. The van der Waals surface area contributed by atoms with Crippen LogP contribution in [-0.4, -0.2) is 39.0 Å². The van der Waals surface area contributed by atoms with E-state index < -0.39 is 15.7 Å². The molecule has 1 aliphatic rings. The zero-order chi connectivity index (χ0) is 14.8. The molecule has 0 radical (unpaired) electrons. The van der Waals surface area contributed by atoms with Crippen LogP contribution in [0.15, 0.2) is 18.2 Å². The lowest BCUT2D eigenvalue weighted by Gasteiger charge is -2.23. The maximum absolute atomic E-state index is 13.3. The molecule has 0 saturated carbocycles. The number of hydrogen-bond donors (Lipinski definition) is 1. The largest absolute Gasteiger partial charge is 0.494 e. The second-order valence-electron chi connectivity index (χ2n) is 4.75. The Balaban J connectivity index is 2.02. The van der Waals surface area contributed by atoms with E-state index in [1.165, 1.54) is 25.3 Å². The number of methoxy groups -OCH3 is 1. The van der Waals surface area contributed by atoms with Gasteiger partial charge in [-0.15, -0.1) is 0 Å². The quantitative estimate of drug-likeness (QED) is 0.909. The van der Waals surface area contributed by atoms with Crippen molar-refractivity contribution >= 4 is 15.7 Å². The SMILES string of the molecule is COc1cc(C(=O)NC2CCS(=O)(=O)CC2)ccc1F. The molecule has 0 spiro atoms. The number of hydrogen-bond acceptors (Lipinski definition) is 4. The minimum Gasteiger partial charge on any atom is -0.494 e. The van der Waals surface area contributed by atoms with E-state index >= 15 is 0 Å². The molecule has 1 amide bonds. The van der Waals surface area contributed by atoms with Crippen molar-refractivity contribution in [3.63, 3.8) is 0 Å². The van der Waals surface area contributed by atoms with Gasteiger partial charge in [0.2, 0.25) is 0 Å². The van der Waals surface area contributed by atoms with Crippen molar-refractivity contribution in [2.75, 3.05) is 18.6 Å². The first-order chi connectivity index (χ1) is 9.41. The molecule has 5 nitrogen and oxygen atoms in total. The summed E-state index contributed by atoms with van der Waals surface area (Å²) in [6.45, 7) is 0. The van der Waals surface area contributed by atoms with Crippen LogP contribution in [0.25, 0.3) is 0 Å². The minimum atomic E-state index is -2.95. The number of benzene rings is 1. The summed E-state index contributed by atoms with van der Waals surface area (Å²) in [4.78, 5) is 12.0. The number of halogens is 1. The van der Waals surface area contributed by atoms with Crippen molar-refractivity contribution in [1.29, 1.82) is 0 Å². The van der Waals surface area contributed by atoms with Gasteiger partial charge in [0.1, 0.15) is 9.84 Å². The maximum atomic E-state index is 13.3.